The lowest BCUT2D eigenvalue weighted by Gasteiger charge is -2.36. The lowest BCUT2D eigenvalue weighted by Crippen LogP contribution is -2.44. The average molecular weight is 305 g/mol. The van der Waals surface area contributed by atoms with Gasteiger partial charge in [0.15, 0.2) is 5.11 Å². The first-order chi connectivity index (χ1) is 10.2. The second kappa shape index (κ2) is 7.94. The quantitative estimate of drug-likeness (QED) is 0.851. The molecule has 0 spiro atoms. The molecule has 5 heteroatoms. The standard InChI is InChI=1S/C16H20FN3S/c17-13-7-9-14(10-8-13)19-16(21)20(12-4-11-18)15-5-2-1-3-6-15/h7-10,15H,1-6,12H2,(H,19,21). The molecule has 1 aliphatic rings. The molecule has 0 aliphatic heterocycles. The number of benzene rings is 1. The minimum absolute atomic E-state index is 0.264. The van der Waals surface area contributed by atoms with Gasteiger partial charge in [0.05, 0.1) is 12.5 Å². The molecule has 1 aromatic rings. The Morgan fingerprint density at radius 2 is 1.95 bits per heavy atom. The molecule has 3 nitrogen and oxygen atoms in total. The number of anilines is 1. The molecule has 1 N–H and O–H groups in total. The van der Waals surface area contributed by atoms with Crippen LogP contribution in [0.5, 0.6) is 0 Å². The summed E-state index contributed by atoms with van der Waals surface area (Å²) in [6.45, 7) is 0.647. The third kappa shape index (κ3) is 4.68. The van der Waals surface area contributed by atoms with E-state index in [2.05, 4.69) is 16.3 Å². The SMILES string of the molecule is N#CCCN(C(=S)Nc1ccc(F)cc1)C1CCCCC1. The predicted octanol–water partition coefficient (Wildman–Crippen LogP) is 4.07. The van der Waals surface area contributed by atoms with Gasteiger partial charge in [-0.1, -0.05) is 19.3 Å². The van der Waals surface area contributed by atoms with Gasteiger partial charge in [0, 0.05) is 18.3 Å². The number of hydrogen-bond acceptors (Lipinski definition) is 2. The number of hydrogen-bond donors (Lipinski definition) is 1. The Labute approximate surface area is 130 Å². The lowest BCUT2D eigenvalue weighted by molar-refractivity contribution is 0.250. The molecule has 1 saturated carbocycles. The number of thiocarbonyl (C=S) groups is 1. The summed E-state index contributed by atoms with van der Waals surface area (Å²) in [6.07, 6.45) is 6.41. The average Bonchev–Trinajstić information content (AvgIpc) is 2.51. The first-order valence-corrected chi connectivity index (χ1v) is 7.81. The van der Waals surface area contributed by atoms with E-state index >= 15 is 0 Å². The van der Waals surface area contributed by atoms with Gasteiger partial charge in [-0.25, -0.2) is 4.39 Å². The van der Waals surface area contributed by atoms with Crippen LogP contribution in [0.4, 0.5) is 10.1 Å². The maximum Gasteiger partial charge on any atom is 0.173 e. The van der Waals surface area contributed by atoms with E-state index in [1.54, 1.807) is 12.1 Å². The monoisotopic (exact) mass is 305 g/mol. The maximum absolute atomic E-state index is 12.9. The van der Waals surface area contributed by atoms with Gasteiger partial charge in [0.25, 0.3) is 0 Å². The minimum Gasteiger partial charge on any atom is -0.345 e. The van der Waals surface area contributed by atoms with Gasteiger partial charge in [-0.2, -0.15) is 5.26 Å². The van der Waals surface area contributed by atoms with Crippen molar-refractivity contribution in [2.75, 3.05) is 11.9 Å². The third-order valence-electron chi connectivity index (χ3n) is 3.84. The van der Waals surface area contributed by atoms with Crippen molar-refractivity contribution in [3.63, 3.8) is 0 Å². The number of halogens is 1. The summed E-state index contributed by atoms with van der Waals surface area (Å²) >= 11 is 5.50. The van der Waals surface area contributed by atoms with Crippen molar-refractivity contribution in [3.05, 3.63) is 30.1 Å². The summed E-state index contributed by atoms with van der Waals surface area (Å²) in [4.78, 5) is 2.13. The molecule has 2 rings (SSSR count). The Kier molecular flexibility index (Phi) is 5.94. The first-order valence-electron chi connectivity index (χ1n) is 7.41. The number of nitrogens with one attached hydrogen (secondary N) is 1. The van der Waals surface area contributed by atoms with Crippen molar-refractivity contribution in [3.8, 4) is 6.07 Å². The third-order valence-corrected chi connectivity index (χ3v) is 4.17. The molecule has 0 heterocycles. The second-order valence-electron chi connectivity index (χ2n) is 5.33. The van der Waals surface area contributed by atoms with Crippen molar-refractivity contribution in [1.29, 1.82) is 5.26 Å². The van der Waals surface area contributed by atoms with E-state index in [1.165, 1.54) is 31.4 Å². The van der Waals surface area contributed by atoms with E-state index in [1.807, 2.05) is 0 Å². The molecule has 0 bridgehead atoms. The number of nitrogens with zero attached hydrogens (tertiary/aromatic N) is 2. The largest absolute Gasteiger partial charge is 0.345 e. The fourth-order valence-electron chi connectivity index (χ4n) is 2.74. The Bertz CT molecular complexity index is 503. The molecule has 0 radical (unpaired) electrons. The molecule has 1 aliphatic carbocycles. The van der Waals surface area contributed by atoms with Gasteiger partial charge in [-0.15, -0.1) is 0 Å². The summed E-state index contributed by atoms with van der Waals surface area (Å²) in [6, 6.07) is 8.75. The van der Waals surface area contributed by atoms with Crippen molar-refractivity contribution >= 4 is 23.0 Å². The highest BCUT2D eigenvalue weighted by Gasteiger charge is 2.22. The van der Waals surface area contributed by atoms with E-state index < -0.39 is 0 Å². The van der Waals surface area contributed by atoms with Crippen LogP contribution in [0.1, 0.15) is 38.5 Å². The summed E-state index contributed by atoms with van der Waals surface area (Å²) in [5.41, 5.74) is 0.777. The Balaban J connectivity index is 2.02. The van der Waals surface area contributed by atoms with Gasteiger partial charge in [0.2, 0.25) is 0 Å². The Morgan fingerprint density at radius 1 is 1.29 bits per heavy atom. The fraction of sp³-hybridized carbons (Fsp3) is 0.500. The molecule has 0 unspecified atom stereocenters. The molecule has 21 heavy (non-hydrogen) atoms. The van der Waals surface area contributed by atoms with E-state index in [0.29, 0.717) is 24.1 Å². The van der Waals surface area contributed by atoms with E-state index in [9.17, 15) is 4.39 Å². The highest BCUT2D eigenvalue weighted by atomic mass is 32.1. The van der Waals surface area contributed by atoms with E-state index in [0.717, 1.165) is 18.5 Å². The molecule has 0 saturated heterocycles. The Morgan fingerprint density at radius 3 is 2.57 bits per heavy atom. The topological polar surface area (TPSA) is 39.1 Å². The summed E-state index contributed by atoms with van der Waals surface area (Å²) in [5, 5.41) is 12.6. The van der Waals surface area contributed by atoms with Crippen molar-refractivity contribution in [1.82, 2.24) is 4.90 Å². The van der Waals surface area contributed by atoms with Crippen molar-refractivity contribution in [2.45, 2.75) is 44.6 Å². The molecule has 0 atom stereocenters. The second-order valence-corrected chi connectivity index (χ2v) is 5.72. The van der Waals surface area contributed by atoms with Crippen LogP contribution < -0.4 is 5.32 Å². The van der Waals surface area contributed by atoms with Crippen LogP contribution in [-0.4, -0.2) is 22.6 Å². The first kappa shape index (κ1) is 15.7. The van der Waals surface area contributed by atoms with E-state index in [4.69, 9.17) is 17.5 Å². The van der Waals surface area contributed by atoms with Gasteiger partial charge in [-0.05, 0) is 49.3 Å². The number of rotatable bonds is 4. The van der Waals surface area contributed by atoms with Crippen LogP contribution in [0.25, 0.3) is 0 Å². The minimum atomic E-state index is -0.264. The normalized spacial score (nSPS) is 15.2. The zero-order valence-corrected chi connectivity index (χ0v) is 12.8. The van der Waals surface area contributed by atoms with Gasteiger partial charge in [0.1, 0.15) is 5.82 Å². The smallest absolute Gasteiger partial charge is 0.173 e. The maximum atomic E-state index is 12.9. The van der Waals surface area contributed by atoms with Gasteiger partial charge < -0.3 is 10.2 Å². The van der Waals surface area contributed by atoms with Gasteiger partial charge >= 0.3 is 0 Å². The molecular weight excluding hydrogens is 285 g/mol. The summed E-state index contributed by atoms with van der Waals surface area (Å²) < 4.78 is 12.9. The highest BCUT2D eigenvalue weighted by molar-refractivity contribution is 7.80. The van der Waals surface area contributed by atoms with E-state index in [-0.39, 0.29) is 5.82 Å². The van der Waals surface area contributed by atoms with Crippen LogP contribution in [0.2, 0.25) is 0 Å². The van der Waals surface area contributed by atoms with Crippen LogP contribution >= 0.6 is 12.2 Å². The van der Waals surface area contributed by atoms with Crippen LogP contribution in [0.15, 0.2) is 24.3 Å². The summed E-state index contributed by atoms with van der Waals surface area (Å²) in [7, 11) is 0. The lowest BCUT2D eigenvalue weighted by atomic mass is 9.94. The van der Waals surface area contributed by atoms with Crippen molar-refractivity contribution < 1.29 is 4.39 Å². The number of nitriles is 1. The molecule has 0 aromatic heterocycles. The van der Waals surface area contributed by atoms with Crippen LogP contribution in [0.3, 0.4) is 0 Å². The molecular formula is C16H20FN3S. The molecule has 1 aromatic carbocycles. The zero-order valence-electron chi connectivity index (χ0n) is 12.0. The van der Waals surface area contributed by atoms with Crippen LogP contribution in [-0.2, 0) is 0 Å². The Hall–Kier alpha value is -1.67. The molecule has 112 valence electrons. The molecule has 1 fully saturated rings. The van der Waals surface area contributed by atoms with Gasteiger partial charge in [-0.3, -0.25) is 0 Å². The summed E-state index contributed by atoms with van der Waals surface area (Å²) in [5.74, 6) is -0.264. The predicted molar refractivity (Wildman–Crippen MR) is 86.4 cm³/mol. The fourth-order valence-corrected chi connectivity index (χ4v) is 3.10. The zero-order chi connectivity index (χ0) is 15.1. The highest BCUT2D eigenvalue weighted by Crippen LogP contribution is 2.23. The molecule has 0 amide bonds. The van der Waals surface area contributed by atoms with Crippen molar-refractivity contribution in [2.24, 2.45) is 0 Å². The van der Waals surface area contributed by atoms with Crippen LogP contribution in [0, 0.1) is 17.1 Å².